The Hall–Kier alpha value is -1.18. The van der Waals surface area contributed by atoms with Gasteiger partial charge in [-0.3, -0.25) is 0 Å². The Balaban J connectivity index is 3.18. The first-order chi connectivity index (χ1) is 5.69. The lowest BCUT2D eigenvalue weighted by Gasteiger charge is -2.10. The summed E-state index contributed by atoms with van der Waals surface area (Å²) in [5, 5.41) is 3.12. The van der Waals surface area contributed by atoms with Gasteiger partial charge in [-0.05, 0) is 25.0 Å². The second-order valence-corrected chi connectivity index (χ2v) is 2.89. The molecule has 0 saturated heterocycles. The molecule has 12 heavy (non-hydrogen) atoms. The number of nitrogens with one attached hydrogen (secondary N) is 1. The second-order valence-electron chi connectivity index (χ2n) is 2.89. The quantitative estimate of drug-likeness (QED) is 0.726. The zero-order valence-corrected chi connectivity index (χ0v) is 8.06. The van der Waals surface area contributed by atoms with Crippen LogP contribution in [0.4, 0.5) is 5.69 Å². The van der Waals surface area contributed by atoms with Gasteiger partial charge in [0.05, 0.1) is 7.11 Å². The fourth-order valence-electron chi connectivity index (χ4n) is 1.32. The lowest BCUT2D eigenvalue weighted by molar-refractivity contribution is 0.412. The first-order valence-corrected chi connectivity index (χ1v) is 4.02. The molecule has 1 aromatic carbocycles. The number of rotatable bonds is 2. The highest BCUT2D eigenvalue weighted by atomic mass is 16.5. The van der Waals surface area contributed by atoms with Crippen molar-refractivity contribution >= 4 is 5.69 Å². The molecule has 0 aliphatic heterocycles. The molecule has 0 atom stereocenters. The van der Waals surface area contributed by atoms with E-state index in [9.17, 15) is 0 Å². The van der Waals surface area contributed by atoms with Crippen molar-refractivity contribution in [3.63, 3.8) is 0 Å². The minimum absolute atomic E-state index is 0.935. The molecule has 0 saturated carbocycles. The third-order valence-electron chi connectivity index (χ3n) is 2.01. The number of aryl methyl sites for hydroxylation is 2. The van der Waals surface area contributed by atoms with Crippen molar-refractivity contribution in [2.75, 3.05) is 19.5 Å². The van der Waals surface area contributed by atoms with Crippen LogP contribution in [0.5, 0.6) is 5.75 Å². The van der Waals surface area contributed by atoms with Gasteiger partial charge in [-0.2, -0.15) is 0 Å². The third kappa shape index (κ3) is 1.52. The van der Waals surface area contributed by atoms with E-state index in [-0.39, 0.29) is 0 Å². The van der Waals surface area contributed by atoms with Crippen molar-refractivity contribution in [1.29, 1.82) is 0 Å². The van der Waals surface area contributed by atoms with E-state index in [0.717, 1.165) is 11.4 Å². The molecule has 66 valence electrons. The van der Waals surface area contributed by atoms with Crippen LogP contribution in [-0.4, -0.2) is 14.2 Å². The van der Waals surface area contributed by atoms with Gasteiger partial charge >= 0.3 is 0 Å². The highest BCUT2D eigenvalue weighted by Gasteiger charge is 2.02. The summed E-state index contributed by atoms with van der Waals surface area (Å²) in [4.78, 5) is 0. The van der Waals surface area contributed by atoms with E-state index in [0.29, 0.717) is 0 Å². The molecule has 2 nitrogen and oxygen atoms in total. The number of methoxy groups -OCH3 is 1. The predicted octanol–water partition coefficient (Wildman–Crippen LogP) is 2.35. The molecule has 0 spiro atoms. The zero-order chi connectivity index (χ0) is 9.14. The number of benzene rings is 1. The summed E-state index contributed by atoms with van der Waals surface area (Å²) >= 11 is 0. The third-order valence-corrected chi connectivity index (χ3v) is 2.01. The van der Waals surface area contributed by atoms with Gasteiger partial charge in [0.1, 0.15) is 5.75 Å². The van der Waals surface area contributed by atoms with E-state index in [1.165, 1.54) is 11.1 Å². The van der Waals surface area contributed by atoms with Crippen molar-refractivity contribution in [3.05, 3.63) is 23.3 Å². The maximum atomic E-state index is 5.20. The van der Waals surface area contributed by atoms with Gasteiger partial charge in [-0.15, -0.1) is 0 Å². The smallest absolute Gasteiger partial charge is 0.123 e. The number of ether oxygens (including phenoxy) is 1. The van der Waals surface area contributed by atoms with Gasteiger partial charge in [-0.1, -0.05) is 6.07 Å². The average molecular weight is 165 g/mol. The first-order valence-electron chi connectivity index (χ1n) is 4.02. The minimum Gasteiger partial charge on any atom is -0.496 e. The second kappa shape index (κ2) is 3.48. The van der Waals surface area contributed by atoms with Crippen LogP contribution in [0.2, 0.25) is 0 Å². The largest absolute Gasteiger partial charge is 0.496 e. The molecule has 0 aliphatic carbocycles. The van der Waals surface area contributed by atoms with Crippen molar-refractivity contribution in [2.24, 2.45) is 0 Å². The maximum absolute atomic E-state index is 5.20. The fourth-order valence-corrected chi connectivity index (χ4v) is 1.32. The molecule has 0 heterocycles. The van der Waals surface area contributed by atoms with Gasteiger partial charge < -0.3 is 10.1 Å². The molecule has 1 rings (SSSR count). The van der Waals surface area contributed by atoms with Crippen LogP contribution in [0.25, 0.3) is 0 Å². The summed E-state index contributed by atoms with van der Waals surface area (Å²) in [6.07, 6.45) is 0. The molecular weight excluding hydrogens is 150 g/mol. The van der Waals surface area contributed by atoms with Crippen LogP contribution in [0, 0.1) is 13.8 Å². The summed E-state index contributed by atoms with van der Waals surface area (Å²) in [6.45, 7) is 4.13. The van der Waals surface area contributed by atoms with E-state index >= 15 is 0 Å². The molecule has 0 aliphatic rings. The SMILES string of the molecule is CNc1cc(OC)c(C)cc1C. The Labute approximate surface area is 73.6 Å². The van der Waals surface area contributed by atoms with Crippen LogP contribution >= 0.6 is 0 Å². The first kappa shape index (κ1) is 8.91. The van der Waals surface area contributed by atoms with Gasteiger partial charge in [0.15, 0.2) is 0 Å². The van der Waals surface area contributed by atoms with Gasteiger partial charge in [0, 0.05) is 18.8 Å². The Bertz CT molecular complexity index is 256. The van der Waals surface area contributed by atoms with E-state index in [4.69, 9.17) is 4.74 Å². The van der Waals surface area contributed by atoms with Crippen LogP contribution in [0.15, 0.2) is 12.1 Å². The monoisotopic (exact) mass is 165 g/mol. The molecule has 1 aromatic rings. The topological polar surface area (TPSA) is 21.3 Å². The Morgan fingerprint density at radius 3 is 2.33 bits per heavy atom. The van der Waals surface area contributed by atoms with Crippen molar-refractivity contribution in [1.82, 2.24) is 0 Å². The van der Waals surface area contributed by atoms with E-state index < -0.39 is 0 Å². The predicted molar refractivity (Wildman–Crippen MR) is 52.0 cm³/mol. The number of hydrogen-bond acceptors (Lipinski definition) is 2. The zero-order valence-electron chi connectivity index (χ0n) is 8.06. The normalized spacial score (nSPS) is 9.67. The van der Waals surface area contributed by atoms with Gasteiger partial charge in [0.2, 0.25) is 0 Å². The van der Waals surface area contributed by atoms with Crippen LogP contribution in [-0.2, 0) is 0 Å². The van der Waals surface area contributed by atoms with Gasteiger partial charge in [-0.25, -0.2) is 0 Å². The number of hydrogen-bond donors (Lipinski definition) is 1. The van der Waals surface area contributed by atoms with E-state index in [1.807, 2.05) is 20.0 Å². The standard InChI is InChI=1S/C10H15NO/c1-7-5-8(2)10(12-4)6-9(7)11-3/h5-6,11H,1-4H3. The van der Waals surface area contributed by atoms with Crippen LogP contribution < -0.4 is 10.1 Å². The highest BCUT2D eigenvalue weighted by molar-refractivity contribution is 5.56. The van der Waals surface area contributed by atoms with E-state index in [1.54, 1.807) is 7.11 Å². The molecule has 0 fully saturated rings. The van der Waals surface area contributed by atoms with Crippen molar-refractivity contribution in [2.45, 2.75) is 13.8 Å². The fraction of sp³-hybridized carbons (Fsp3) is 0.400. The summed E-state index contributed by atoms with van der Waals surface area (Å²) in [5.74, 6) is 0.935. The molecule has 1 N–H and O–H groups in total. The van der Waals surface area contributed by atoms with E-state index in [2.05, 4.69) is 18.3 Å². The molecular formula is C10H15NO. The highest BCUT2D eigenvalue weighted by Crippen LogP contribution is 2.25. The van der Waals surface area contributed by atoms with Gasteiger partial charge in [0.25, 0.3) is 0 Å². The Morgan fingerprint density at radius 1 is 1.17 bits per heavy atom. The molecule has 0 unspecified atom stereocenters. The lowest BCUT2D eigenvalue weighted by Crippen LogP contribution is -1.95. The maximum Gasteiger partial charge on any atom is 0.123 e. The Morgan fingerprint density at radius 2 is 1.83 bits per heavy atom. The van der Waals surface area contributed by atoms with Crippen LogP contribution in [0.1, 0.15) is 11.1 Å². The minimum atomic E-state index is 0.935. The summed E-state index contributed by atoms with van der Waals surface area (Å²) < 4.78 is 5.20. The van der Waals surface area contributed by atoms with Crippen LogP contribution in [0.3, 0.4) is 0 Å². The molecule has 0 aromatic heterocycles. The average Bonchev–Trinajstić information content (AvgIpc) is 2.05. The molecule has 2 heteroatoms. The Kier molecular flexibility index (Phi) is 2.58. The lowest BCUT2D eigenvalue weighted by atomic mass is 10.1. The van der Waals surface area contributed by atoms with Crippen molar-refractivity contribution < 1.29 is 4.74 Å². The number of anilines is 1. The summed E-state index contributed by atoms with van der Waals surface area (Å²) in [7, 11) is 3.61. The van der Waals surface area contributed by atoms with Crippen molar-refractivity contribution in [3.8, 4) is 5.75 Å². The molecule has 0 bridgehead atoms. The summed E-state index contributed by atoms with van der Waals surface area (Å²) in [6, 6.07) is 4.13. The summed E-state index contributed by atoms with van der Waals surface area (Å²) in [5.41, 5.74) is 3.54. The molecule has 0 radical (unpaired) electrons. The molecule has 0 amide bonds.